The summed E-state index contributed by atoms with van der Waals surface area (Å²) < 4.78 is 2.27. The highest BCUT2D eigenvalue weighted by molar-refractivity contribution is 8.00. The Labute approximate surface area is 298 Å². The van der Waals surface area contributed by atoms with Crippen molar-refractivity contribution in [2.24, 2.45) is 0 Å². The number of aryl methyl sites for hydroxylation is 1. The van der Waals surface area contributed by atoms with E-state index in [1.165, 1.54) is 23.4 Å². The van der Waals surface area contributed by atoms with Crippen LogP contribution in [0.15, 0.2) is 126 Å². The van der Waals surface area contributed by atoms with Gasteiger partial charge in [0.05, 0.1) is 5.25 Å². The molecule has 0 radical (unpaired) electrons. The number of carbonyl (C=O) groups excluding carboxylic acids is 3. The van der Waals surface area contributed by atoms with Gasteiger partial charge in [0.2, 0.25) is 5.91 Å². The van der Waals surface area contributed by atoms with Gasteiger partial charge in [-0.3, -0.25) is 14.4 Å². The molecule has 0 bridgehead atoms. The summed E-state index contributed by atoms with van der Waals surface area (Å²) in [6.45, 7) is 4.83. The molecule has 3 N–H and O–H groups in total. The molecule has 0 fully saturated rings. The predicted molar refractivity (Wildman–Crippen MR) is 202 cm³/mol. The molecule has 1 atom stereocenters. The molecule has 5 aromatic carbocycles. The molecule has 49 heavy (non-hydrogen) atoms. The van der Waals surface area contributed by atoms with Crippen LogP contribution in [0.1, 0.15) is 29.8 Å². The molecule has 1 unspecified atom stereocenters. The first-order valence-corrected chi connectivity index (χ1v) is 17.3. The van der Waals surface area contributed by atoms with Crippen molar-refractivity contribution in [1.29, 1.82) is 0 Å². The van der Waals surface area contributed by atoms with E-state index in [4.69, 9.17) is 23.2 Å². The minimum Gasteiger partial charge on any atom is -0.341 e. The van der Waals surface area contributed by atoms with E-state index < -0.39 is 11.8 Å². The molecular weight excluding hydrogens is 675 g/mol. The first-order valence-electron chi connectivity index (χ1n) is 15.6. The van der Waals surface area contributed by atoms with E-state index in [0.717, 1.165) is 33.4 Å². The average molecular weight is 708 g/mol. The monoisotopic (exact) mass is 706 g/mol. The van der Waals surface area contributed by atoms with Crippen molar-refractivity contribution in [3.8, 4) is 0 Å². The first kappa shape index (κ1) is 33.9. The lowest BCUT2D eigenvalue weighted by molar-refractivity contribution is -0.115. The average Bonchev–Trinajstić information content (AvgIpc) is 3.43. The molecule has 0 aliphatic heterocycles. The largest absolute Gasteiger partial charge is 0.341 e. The summed E-state index contributed by atoms with van der Waals surface area (Å²) in [4.78, 5) is 40.4. The fourth-order valence-electron chi connectivity index (χ4n) is 5.51. The van der Waals surface area contributed by atoms with E-state index >= 15 is 0 Å². The number of aromatic nitrogens is 1. The van der Waals surface area contributed by atoms with Gasteiger partial charge in [0.25, 0.3) is 11.8 Å². The van der Waals surface area contributed by atoms with Gasteiger partial charge in [0.1, 0.15) is 5.70 Å². The number of hydrogen-bond donors (Lipinski definition) is 3. The molecule has 3 amide bonds. The highest BCUT2D eigenvalue weighted by atomic mass is 35.5. The third-order valence-electron chi connectivity index (χ3n) is 7.94. The number of fused-ring (bicyclic) bond motifs is 3. The van der Waals surface area contributed by atoms with Crippen molar-refractivity contribution in [2.75, 3.05) is 10.6 Å². The lowest BCUT2D eigenvalue weighted by Gasteiger charge is -2.14. The smallest absolute Gasteiger partial charge is 0.272 e. The summed E-state index contributed by atoms with van der Waals surface area (Å²) in [6.07, 6.45) is 1.50. The minimum absolute atomic E-state index is 0.000680. The van der Waals surface area contributed by atoms with Crippen molar-refractivity contribution in [3.05, 3.63) is 142 Å². The second-order valence-electron chi connectivity index (χ2n) is 11.3. The van der Waals surface area contributed by atoms with E-state index in [-0.39, 0.29) is 16.9 Å². The van der Waals surface area contributed by atoms with Crippen molar-refractivity contribution >= 4 is 91.9 Å². The number of carbonyl (C=O) groups is 3. The van der Waals surface area contributed by atoms with Crippen molar-refractivity contribution in [2.45, 2.75) is 30.5 Å². The lowest BCUT2D eigenvalue weighted by Crippen LogP contribution is -2.30. The molecule has 0 saturated carbocycles. The van der Waals surface area contributed by atoms with Gasteiger partial charge >= 0.3 is 0 Å². The van der Waals surface area contributed by atoms with Crippen LogP contribution < -0.4 is 16.0 Å². The van der Waals surface area contributed by atoms with Gasteiger partial charge < -0.3 is 20.5 Å². The van der Waals surface area contributed by atoms with Crippen LogP contribution in [-0.2, 0) is 16.1 Å². The number of halogens is 2. The fourth-order valence-corrected chi connectivity index (χ4v) is 6.84. The maximum Gasteiger partial charge on any atom is 0.272 e. The summed E-state index contributed by atoms with van der Waals surface area (Å²) in [6, 6.07) is 34.9. The highest BCUT2D eigenvalue weighted by Crippen LogP contribution is 2.32. The number of amides is 3. The van der Waals surface area contributed by atoms with Crippen LogP contribution in [0.2, 0.25) is 10.0 Å². The van der Waals surface area contributed by atoms with E-state index in [2.05, 4.69) is 45.6 Å². The standard InChI is InChI=1S/C39H32Cl2N4O3S/c1-3-45-35-12-8-7-11-31(35)32-23-29(17-20-36(32)45)43-37(46)24(2)49-30-18-15-28(16-19-30)42-39(48)34(21-26-13-14-27(40)22-33(26)41)44-38(47)25-9-5-4-6-10-25/h4-24H,3H2,1-2H3,(H,42,48)(H,43,46)(H,44,47)/b34-21-. The first-order chi connectivity index (χ1) is 23.7. The molecule has 1 aromatic heterocycles. The highest BCUT2D eigenvalue weighted by Gasteiger charge is 2.18. The fraction of sp³-hybridized carbons (Fsp3) is 0.103. The van der Waals surface area contributed by atoms with E-state index in [9.17, 15) is 14.4 Å². The zero-order valence-electron chi connectivity index (χ0n) is 26.7. The van der Waals surface area contributed by atoms with E-state index in [1.54, 1.807) is 60.7 Å². The number of anilines is 2. The number of benzene rings is 5. The number of hydrogen-bond acceptors (Lipinski definition) is 4. The number of para-hydroxylation sites is 1. The molecule has 6 rings (SSSR count). The van der Waals surface area contributed by atoms with Gasteiger partial charge in [-0.05, 0) is 98.3 Å². The Morgan fingerprint density at radius 1 is 0.776 bits per heavy atom. The maximum atomic E-state index is 13.4. The number of nitrogens with zero attached hydrogens (tertiary/aromatic N) is 1. The Bertz CT molecular complexity index is 2220. The van der Waals surface area contributed by atoms with Crippen LogP contribution in [-0.4, -0.2) is 27.5 Å². The second-order valence-corrected chi connectivity index (χ2v) is 13.5. The SMILES string of the molecule is CCn1c2ccccc2c2cc(NC(=O)C(C)Sc3ccc(NC(=O)/C(=C/c4ccc(Cl)cc4Cl)NC(=O)c4ccccc4)cc3)ccc21. The molecule has 1 heterocycles. The quantitative estimate of drug-likeness (QED) is 0.0977. The van der Waals surface area contributed by atoms with E-state index in [0.29, 0.717) is 26.9 Å². The zero-order chi connectivity index (χ0) is 34.5. The topological polar surface area (TPSA) is 92.2 Å². The third kappa shape index (κ3) is 7.84. The molecule has 0 aliphatic rings. The van der Waals surface area contributed by atoms with Crippen LogP contribution in [0.25, 0.3) is 27.9 Å². The van der Waals surface area contributed by atoms with Gasteiger partial charge in [-0.25, -0.2) is 0 Å². The van der Waals surface area contributed by atoms with Crippen LogP contribution >= 0.6 is 35.0 Å². The third-order valence-corrected chi connectivity index (χ3v) is 9.62. The second kappa shape index (κ2) is 15.0. The van der Waals surface area contributed by atoms with Crippen molar-refractivity contribution in [3.63, 3.8) is 0 Å². The van der Waals surface area contributed by atoms with Crippen LogP contribution in [0.5, 0.6) is 0 Å². The number of nitrogens with one attached hydrogen (secondary N) is 3. The molecule has 0 spiro atoms. The molecule has 6 aromatic rings. The van der Waals surface area contributed by atoms with E-state index in [1.807, 2.05) is 43.3 Å². The minimum atomic E-state index is -0.539. The lowest BCUT2D eigenvalue weighted by atomic mass is 10.1. The zero-order valence-corrected chi connectivity index (χ0v) is 29.0. The summed E-state index contributed by atoms with van der Waals surface area (Å²) >= 11 is 13.8. The molecule has 246 valence electrons. The summed E-state index contributed by atoms with van der Waals surface area (Å²) in [5, 5.41) is 11.3. The van der Waals surface area contributed by atoms with Gasteiger partial charge in [-0.15, -0.1) is 11.8 Å². The molecular formula is C39H32Cl2N4O3S. The molecule has 10 heteroatoms. The molecule has 7 nitrogen and oxygen atoms in total. The summed E-state index contributed by atoms with van der Waals surface area (Å²) in [5.41, 5.74) is 4.45. The van der Waals surface area contributed by atoms with Gasteiger partial charge in [-0.2, -0.15) is 0 Å². The number of thioether (sulfide) groups is 1. The molecule has 0 saturated heterocycles. The van der Waals surface area contributed by atoms with Crippen LogP contribution in [0.4, 0.5) is 11.4 Å². The molecule has 0 aliphatic carbocycles. The Hall–Kier alpha value is -5.02. The summed E-state index contributed by atoms with van der Waals surface area (Å²) in [7, 11) is 0. The van der Waals surface area contributed by atoms with Crippen LogP contribution in [0, 0.1) is 0 Å². The van der Waals surface area contributed by atoms with Gasteiger partial charge in [0.15, 0.2) is 0 Å². The van der Waals surface area contributed by atoms with Crippen molar-refractivity contribution < 1.29 is 14.4 Å². The van der Waals surface area contributed by atoms with Gasteiger partial charge in [-0.1, -0.05) is 65.7 Å². The Morgan fingerprint density at radius 2 is 1.47 bits per heavy atom. The Kier molecular flexibility index (Phi) is 10.4. The maximum absolute atomic E-state index is 13.4. The predicted octanol–water partition coefficient (Wildman–Crippen LogP) is 9.65. The Balaban J connectivity index is 1.12. The van der Waals surface area contributed by atoms with Gasteiger partial charge in [0, 0.05) is 60.2 Å². The normalized spacial score (nSPS) is 12.1. The number of rotatable bonds is 10. The summed E-state index contributed by atoms with van der Waals surface area (Å²) in [5.74, 6) is -1.10. The van der Waals surface area contributed by atoms with Crippen LogP contribution in [0.3, 0.4) is 0 Å². The Morgan fingerprint density at radius 3 is 2.20 bits per heavy atom. The van der Waals surface area contributed by atoms with Crippen molar-refractivity contribution in [1.82, 2.24) is 9.88 Å².